The maximum atomic E-state index is 12.1. The van der Waals surface area contributed by atoms with Gasteiger partial charge in [0.2, 0.25) is 5.88 Å². The quantitative estimate of drug-likeness (QED) is 0.773. The molecule has 1 amide bonds. The Labute approximate surface area is 158 Å². The molecule has 2 aromatic rings. The SMILES string of the molecule is CS(=O)(=O)c1cc(Cl)ccc1CNC(=O)c1ccc(OCC(F)(F)F)nc1. The summed E-state index contributed by atoms with van der Waals surface area (Å²) in [6.07, 6.45) is -2.42. The Morgan fingerprint density at radius 2 is 1.96 bits per heavy atom. The third-order valence-electron chi connectivity index (χ3n) is 3.25. The van der Waals surface area contributed by atoms with E-state index in [2.05, 4.69) is 15.0 Å². The normalized spacial score (nSPS) is 11.9. The van der Waals surface area contributed by atoms with Gasteiger partial charge >= 0.3 is 6.18 Å². The van der Waals surface area contributed by atoms with Crippen LogP contribution < -0.4 is 10.1 Å². The Morgan fingerprint density at radius 3 is 2.52 bits per heavy atom. The number of alkyl halides is 3. The second-order valence-electron chi connectivity index (χ2n) is 5.50. The minimum Gasteiger partial charge on any atom is -0.468 e. The molecule has 0 aliphatic carbocycles. The predicted molar refractivity (Wildman–Crippen MR) is 91.5 cm³/mol. The molecule has 2 rings (SSSR count). The smallest absolute Gasteiger partial charge is 0.422 e. The molecule has 6 nitrogen and oxygen atoms in total. The van der Waals surface area contributed by atoms with Crippen molar-refractivity contribution in [3.05, 3.63) is 52.7 Å². The van der Waals surface area contributed by atoms with Crippen LogP contribution in [0.4, 0.5) is 13.2 Å². The molecule has 0 unspecified atom stereocenters. The van der Waals surface area contributed by atoms with Gasteiger partial charge in [0.1, 0.15) is 0 Å². The Kier molecular flexibility index (Phi) is 6.32. The van der Waals surface area contributed by atoms with Crippen LogP contribution in [0.15, 0.2) is 41.4 Å². The van der Waals surface area contributed by atoms with Crippen molar-refractivity contribution in [2.75, 3.05) is 12.9 Å². The molecular formula is C16H14ClF3N2O4S. The first-order valence-electron chi connectivity index (χ1n) is 7.38. The fourth-order valence-electron chi connectivity index (χ4n) is 2.05. The lowest BCUT2D eigenvalue weighted by Gasteiger charge is -2.11. The van der Waals surface area contributed by atoms with Crippen LogP contribution in [0.5, 0.6) is 5.88 Å². The molecule has 1 N–H and O–H groups in total. The zero-order chi connectivity index (χ0) is 20.2. The summed E-state index contributed by atoms with van der Waals surface area (Å²) in [7, 11) is -3.55. The van der Waals surface area contributed by atoms with E-state index in [1.54, 1.807) is 0 Å². The van der Waals surface area contributed by atoms with Gasteiger partial charge in [0.15, 0.2) is 16.4 Å². The predicted octanol–water partition coefficient (Wildman–Crippen LogP) is 3.01. The number of hydrogen-bond acceptors (Lipinski definition) is 5. The van der Waals surface area contributed by atoms with Crippen molar-refractivity contribution in [2.45, 2.75) is 17.6 Å². The fraction of sp³-hybridized carbons (Fsp3) is 0.250. The lowest BCUT2D eigenvalue weighted by Crippen LogP contribution is -2.24. The van der Waals surface area contributed by atoms with Gasteiger partial charge in [0.25, 0.3) is 5.91 Å². The van der Waals surface area contributed by atoms with Gasteiger partial charge in [0.05, 0.1) is 10.5 Å². The van der Waals surface area contributed by atoms with Crippen LogP contribution in [0.25, 0.3) is 0 Å². The van der Waals surface area contributed by atoms with Gasteiger partial charge in [0, 0.05) is 30.1 Å². The van der Waals surface area contributed by atoms with E-state index in [4.69, 9.17) is 11.6 Å². The number of rotatable bonds is 6. The van der Waals surface area contributed by atoms with Crippen molar-refractivity contribution in [3.8, 4) is 5.88 Å². The number of nitrogens with one attached hydrogen (secondary N) is 1. The largest absolute Gasteiger partial charge is 0.468 e. The summed E-state index contributed by atoms with van der Waals surface area (Å²) in [5, 5.41) is 2.76. The highest BCUT2D eigenvalue weighted by Gasteiger charge is 2.28. The van der Waals surface area contributed by atoms with E-state index in [0.29, 0.717) is 5.56 Å². The second kappa shape index (κ2) is 8.13. The van der Waals surface area contributed by atoms with Crippen LogP contribution >= 0.6 is 11.6 Å². The average Bonchev–Trinajstić information content (AvgIpc) is 2.57. The van der Waals surface area contributed by atoms with Crippen molar-refractivity contribution in [1.82, 2.24) is 10.3 Å². The van der Waals surface area contributed by atoms with E-state index in [1.807, 2.05) is 0 Å². The topological polar surface area (TPSA) is 85.4 Å². The Hall–Kier alpha value is -2.33. The number of amides is 1. The second-order valence-corrected chi connectivity index (χ2v) is 7.92. The molecule has 0 atom stereocenters. The Balaban J connectivity index is 2.04. The summed E-state index contributed by atoms with van der Waals surface area (Å²) in [5.74, 6) is -0.861. The summed E-state index contributed by atoms with van der Waals surface area (Å²) < 4.78 is 64.3. The van der Waals surface area contributed by atoms with Crippen LogP contribution in [0, 0.1) is 0 Å². The van der Waals surface area contributed by atoms with Crippen molar-refractivity contribution >= 4 is 27.3 Å². The minimum absolute atomic E-state index is 0.00989. The first kappa shape index (κ1) is 21.0. The van der Waals surface area contributed by atoms with Gasteiger partial charge in [-0.15, -0.1) is 0 Å². The molecule has 0 aliphatic rings. The highest BCUT2D eigenvalue weighted by Crippen LogP contribution is 2.21. The first-order valence-corrected chi connectivity index (χ1v) is 9.65. The van der Waals surface area contributed by atoms with E-state index in [0.717, 1.165) is 18.5 Å². The highest BCUT2D eigenvalue weighted by molar-refractivity contribution is 7.90. The number of benzene rings is 1. The minimum atomic E-state index is -4.49. The van der Waals surface area contributed by atoms with E-state index in [1.165, 1.54) is 24.3 Å². The number of carbonyl (C=O) groups is 1. The molecule has 1 heterocycles. The van der Waals surface area contributed by atoms with Gasteiger partial charge in [-0.1, -0.05) is 17.7 Å². The van der Waals surface area contributed by atoms with Gasteiger partial charge in [-0.05, 0) is 23.8 Å². The molecule has 0 saturated heterocycles. The zero-order valence-corrected chi connectivity index (χ0v) is 15.5. The van der Waals surface area contributed by atoms with Gasteiger partial charge in [-0.25, -0.2) is 13.4 Å². The van der Waals surface area contributed by atoms with E-state index in [-0.39, 0.29) is 27.9 Å². The van der Waals surface area contributed by atoms with Gasteiger partial charge in [-0.2, -0.15) is 13.2 Å². The molecule has 0 fully saturated rings. The zero-order valence-electron chi connectivity index (χ0n) is 13.9. The number of halogens is 4. The molecular weight excluding hydrogens is 409 g/mol. The fourth-order valence-corrected chi connectivity index (χ4v) is 3.25. The maximum Gasteiger partial charge on any atom is 0.422 e. The van der Waals surface area contributed by atoms with E-state index < -0.39 is 28.5 Å². The van der Waals surface area contributed by atoms with E-state index >= 15 is 0 Å². The molecule has 1 aromatic heterocycles. The molecule has 1 aromatic carbocycles. The molecule has 0 aliphatic heterocycles. The van der Waals surface area contributed by atoms with Crippen LogP contribution in [0.3, 0.4) is 0 Å². The van der Waals surface area contributed by atoms with Crippen LogP contribution in [-0.4, -0.2) is 38.3 Å². The standard InChI is InChI=1S/C16H14ClF3N2O4S/c1-27(24,25)13-6-12(17)4-2-10(13)7-22-15(23)11-3-5-14(21-8-11)26-9-16(18,19)20/h2-6,8H,7,9H2,1H3,(H,22,23). The molecule has 27 heavy (non-hydrogen) atoms. The molecule has 0 saturated carbocycles. The average molecular weight is 423 g/mol. The summed E-state index contributed by atoms with van der Waals surface area (Å²) in [6, 6.07) is 6.63. The summed E-state index contributed by atoms with van der Waals surface area (Å²) in [5.41, 5.74) is 0.414. The lowest BCUT2D eigenvalue weighted by atomic mass is 10.2. The summed E-state index contributed by atoms with van der Waals surface area (Å²) in [6.45, 7) is -1.58. The van der Waals surface area contributed by atoms with E-state index in [9.17, 15) is 26.4 Å². The Morgan fingerprint density at radius 1 is 1.26 bits per heavy atom. The summed E-state index contributed by atoms with van der Waals surface area (Å²) in [4.78, 5) is 15.7. The van der Waals surface area contributed by atoms with Gasteiger partial charge < -0.3 is 10.1 Å². The number of carbonyl (C=O) groups excluding carboxylic acids is 1. The first-order chi connectivity index (χ1) is 12.5. The van der Waals surface area contributed by atoms with Crippen LogP contribution in [-0.2, 0) is 16.4 Å². The maximum absolute atomic E-state index is 12.1. The monoisotopic (exact) mass is 422 g/mol. The number of sulfone groups is 1. The van der Waals surface area contributed by atoms with Crippen molar-refractivity contribution in [3.63, 3.8) is 0 Å². The number of ether oxygens (including phenoxy) is 1. The number of aromatic nitrogens is 1. The number of hydrogen-bond donors (Lipinski definition) is 1. The molecule has 0 spiro atoms. The Bertz CT molecular complexity index is 932. The number of nitrogens with zero attached hydrogens (tertiary/aromatic N) is 1. The third kappa shape index (κ3) is 6.40. The van der Waals surface area contributed by atoms with Crippen molar-refractivity contribution < 1.29 is 31.1 Å². The lowest BCUT2D eigenvalue weighted by molar-refractivity contribution is -0.154. The molecule has 11 heteroatoms. The molecule has 0 radical (unpaired) electrons. The van der Waals surface area contributed by atoms with Crippen molar-refractivity contribution in [2.24, 2.45) is 0 Å². The number of pyridine rings is 1. The van der Waals surface area contributed by atoms with Gasteiger partial charge in [-0.3, -0.25) is 4.79 Å². The van der Waals surface area contributed by atoms with Crippen LogP contribution in [0.2, 0.25) is 5.02 Å². The molecule has 146 valence electrons. The summed E-state index contributed by atoms with van der Waals surface area (Å²) >= 11 is 5.81. The third-order valence-corrected chi connectivity index (χ3v) is 4.66. The van der Waals surface area contributed by atoms with Crippen LogP contribution in [0.1, 0.15) is 15.9 Å². The van der Waals surface area contributed by atoms with Crippen molar-refractivity contribution in [1.29, 1.82) is 0 Å². The highest BCUT2D eigenvalue weighted by atomic mass is 35.5. The molecule has 0 bridgehead atoms.